The normalized spacial score (nSPS) is 17.7. The fourth-order valence-corrected chi connectivity index (χ4v) is 5.52. The monoisotopic (exact) mass is 440 g/mol. The van der Waals surface area contributed by atoms with Crippen LogP contribution in [0.15, 0.2) is 52.3 Å². The van der Waals surface area contributed by atoms with Gasteiger partial charge in [0, 0.05) is 24.8 Å². The van der Waals surface area contributed by atoms with Gasteiger partial charge in [0.2, 0.25) is 10.0 Å². The number of fused-ring (bicyclic) bond motifs is 1. The lowest BCUT2D eigenvalue weighted by molar-refractivity contribution is 0.0730. The van der Waals surface area contributed by atoms with Crippen molar-refractivity contribution in [1.29, 1.82) is 0 Å². The van der Waals surface area contributed by atoms with Gasteiger partial charge < -0.3 is 14.2 Å². The fourth-order valence-electron chi connectivity index (χ4n) is 3.04. The Labute approximate surface area is 169 Å². The Hall–Kier alpha value is -2.34. The van der Waals surface area contributed by atoms with E-state index in [0.717, 1.165) is 0 Å². The summed E-state index contributed by atoms with van der Waals surface area (Å²) in [7, 11) is -7.52. The highest BCUT2D eigenvalue weighted by atomic mass is 32.2. The van der Waals surface area contributed by atoms with Crippen LogP contribution in [0.3, 0.4) is 0 Å². The second-order valence-corrected chi connectivity index (χ2v) is 10.1. The lowest BCUT2D eigenvalue weighted by Gasteiger charge is -2.26. The summed E-state index contributed by atoms with van der Waals surface area (Å²) >= 11 is 0. The quantitative estimate of drug-likeness (QED) is 0.745. The summed E-state index contributed by atoms with van der Waals surface area (Å²) < 4.78 is 70.4. The molecule has 0 bridgehead atoms. The van der Waals surface area contributed by atoms with Gasteiger partial charge in [-0.25, -0.2) is 16.8 Å². The van der Waals surface area contributed by atoms with Crippen molar-refractivity contribution in [2.75, 3.05) is 44.2 Å². The molecule has 0 amide bonds. The van der Waals surface area contributed by atoms with Crippen molar-refractivity contribution in [3.05, 3.63) is 42.5 Å². The Morgan fingerprint density at radius 2 is 1.38 bits per heavy atom. The predicted molar refractivity (Wildman–Crippen MR) is 104 cm³/mol. The Balaban J connectivity index is 1.52. The van der Waals surface area contributed by atoms with Gasteiger partial charge in [-0.15, -0.1) is 0 Å². The number of hydrogen-bond donors (Lipinski definition) is 1. The number of hydrogen-bond acceptors (Lipinski definition) is 7. The van der Waals surface area contributed by atoms with E-state index in [0.29, 0.717) is 51.0 Å². The van der Waals surface area contributed by atoms with Gasteiger partial charge in [-0.05, 0) is 36.4 Å². The highest BCUT2D eigenvalue weighted by molar-refractivity contribution is 7.92. The van der Waals surface area contributed by atoms with Crippen molar-refractivity contribution < 1.29 is 31.0 Å². The van der Waals surface area contributed by atoms with Gasteiger partial charge in [0.15, 0.2) is 11.5 Å². The van der Waals surface area contributed by atoms with Gasteiger partial charge in [-0.3, -0.25) is 4.72 Å². The van der Waals surface area contributed by atoms with E-state index >= 15 is 0 Å². The molecule has 0 unspecified atom stereocenters. The Bertz CT molecular complexity index is 1090. The number of anilines is 1. The van der Waals surface area contributed by atoms with Crippen LogP contribution >= 0.6 is 0 Å². The van der Waals surface area contributed by atoms with Crippen LogP contribution in [0.4, 0.5) is 5.69 Å². The van der Waals surface area contributed by atoms with Crippen molar-refractivity contribution in [3.63, 3.8) is 0 Å². The maximum Gasteiger partial charge on any atom is 0.262 e. The molecule has 0 saturated carbocycles. The van der Waals surface area contributed by atoms with Crippen LogP contribution in [0.5, 0.6) is 11.5 Å². The Morgan fingerprint density at radius 3 is 2.07 bits per heavy atom. The average molecular weight is 440 g/mol. The lowest BCUT2D eigenvalue weighted by atomic mass is 10.3. The molecule has 0 spiro atoms. The molecular weight excluding hydrogens is 420 g/mol. The summed E-state index contributed by atoms with van der Waals surface area (Å²) in [5.41, 5.74) is 0.251. The molecule has 2 aliphatic rings. The summed E-state index contributed by atoms with van der Waals surface area (Å²) in [6, 6.07) is 9.97. The second-order valence-electron chi connectivity index (χ2n) is 6.45. The van der Waals surface area contributed by atoms with Crippen LogP contribution in [-0.2, 0) is 24.8 Å². The first-order valence-corrected chi connectivity index (χ1v) is 11.9. The van der Waals surface area contributed by atoms with Crippen molar-refractivity contribution in [2.24, 2.45) is 0 Å². The zero-order valence-corrected chi connectivity index (χ0v) is 17.0. The number of nitrogens with zero attached hydrogens (tertiary/aromatic N) is 1. The number of rotatable bonds is 5. The van der Waals surface area contributed by atoms with Gasteiger partial charge in [0.25, 0.3) is 10.0 Å². The first-order valence-electron chi connectivity index (χ1n) is 8.97. The van der Waals surface area contributed by atoms with Gasteiger partial charge in [-0.1, -0.05) is 0 Å². The topological polar surface area (TPSA) is 111 Å². The van der Waals surface area contributed by atoms with Crippen molar-refractivity contribution >= 4 is 25.7 Å². The van der Waals surface area contributed by atoms with Crippen molar-refractivity contribution in [1.82, 2.24) is 4.31 Å². The maximum atomic E-state index is 12.7. The molecule has 2 aromatic rings. The molecule has 29 heavy (non-hydrogen) atoms. The summed E-state index contributed by atoms with van der Waals surface area (Å²) in [5, 5.41) is 0. The minimum atomic E-state index is -3.88. The minimum absolute atomic E-state index is 0.0202. The molecule has 1 N–H and O–H groups in total. The molecule has 1 fully saturated rings. The summed E-state index contributed by atoms with van der Waals surface area (Å²) in [4.78, 5) is 0.119. The highest BCUT2D eigenvalue weighted by Crippen LogP contribution is 2.32. The van der Waals surface area contributed by atoms with Crippen molar-refractivity contribution in [2.45, 2.75) is 9.79 Å². The molecule has 0 atom stereocenters. The zero-order chi connectivity index (χ0) is 20.5. The van der Waals surface area contributed by atoms with Gasteiger partial charge >= 0.3 is 0 Å². The average Bonchev–Trinajstić information content (AvgIpc) is 2.74. The fraction of sp³-hybridized carbons (Fsp3) is 0.333. The van der Waals surface area contributed by atoms with Crippen LogP contribution in [-0.4, -0.2) is 60.7 Å². The molecule has 0 radical (unpaired) electrons. The third kappa shape index (κ3) is 4.17. The number of nitrogens with one attached hydrogen (secondary N) is 1. The van der Waals surface area contributed by atoms with E-state index in [9.17, 15) is 16.8 Å². The van der Waals surface area contributed by atoms with E-state index in [1.807, 2.05) is 0 Å². The zero-order valence-electron chi connectivity index (χ0n) is 15.4. The third-order valence-corrected chi connectivity index (χ3v) is 7.83. The molecule has 2 aliphatic heterocycles. The van der Waals surface area contributed by atoms with E-state index in [1.165, 1.54) is 40.7 Å². The first kappa shape index (κ1) is 20.0. The van der Waals surface area contributed by atoms with Crippen LogP contribution in [0.25, 0.3) is 0 Å². The third-order valence-electron chi connectivity index (χ3n) is 4.54. The molecule has 1 saturated heterocycles. The number of ether oxygens (including phenoxy) is 3. The molecule has 2 aromatic carbocycles. The van der Waals surface area contributed by atoms with E-state index in [1.54, 1.807) is 6.07 Å². The predicted octanol–water partition coefficient (Wildman–Crippen LogP) is 1.28. The summed E-state index contributed by atoms with van der Waals surface area (Å²) in [6.07, 6.45) is 0. The van der Waals surface area contributed by atoms with Crippen molar-refractivity contribution in [3.8, 4) is 11.5 Å². The van der Waals surface area contributed by atoms with Crippen LogP contribution in [0.1, 0.15) is 0 Å². The highest BCUT2D eigenvalue weighted by Gasteiger charge is 2.26. The SMILES string of the molecule is O=S(=O)(Nc1ccc(S(=O)(=O)N2CCOCC2)cc1)c1ccc2c(c1)OCCO2. The smallest absolute Gasteiger partial charge is 0.262 e. The largest absolute Gasteiger partial charge is 0.486 e. The van der Waals surface area contributed by atoms with Gasteiger partial charge in [0.05, 0.1) is 23.0 Å². The molecule has 156 valence electrons. The Kier molecular flexibility index (Phi) is 5.38. The van der Waals surface area contributed by atoms with Crippen LogP contribution in [0, 0.1) is 0 Å². The molecule has 11 heteroatoms. The molecule has 4 rings (SSSR count). The van der Waals surface area contributed by atoms with Gasteiger partial charge in [0.1, 0.15) is 13.2 Å². The summed E-state index contributed by atoms with van der Waals surface area (Å²) in [6.45, 7) is 2.06. The minimum Gasteiger partial charge on any atom is -0.486 e. The van der Waals surface area contributed by atoms with E-state index < -0.39 is 20.0 Å². The number of sulfonamides is 2. The van der Waals surface area contributed by atoms with E-state index in [-0.39, 0.29) is 15.5 Å². The maximum absolute atomic E-state index is 12.7. The van der Waals surface area contributed by atoms with E-state index in [2.05, 4.69) is 4.72 Å². The Morgan fingerprint density at radius 1 is 0.759 bits per heavy atom. The van der Waals surface area contributed by atoms with E-state index in [4.69, 9.17) is 14.2 Å². The number of morpholine rings is 1. The molecular formula is C18H20N2O7S2. The van der Waals surface area contributed by atoms with Crippen LogP contribution in [0.2, 0.25) is 0 Å². The molecule has 9 nitrogen and oxygen atoms in total. The number of benzene rings is 2. The molecule has 0 aliphatic carbocycles. The standard InChI is InChI=1S/C18H20N2O7S2/c21-28(22,16-5-6-17-18(13-16)27-12-11-26-17)19-14-1-3-15(4-2-14)29(23,24)20-7-9-25-10-8-20/h1-6,13,19H,7-12H2. The van der Waals surface area contributed by atoms with Gasteiger partial charge in [-0.2, -0.15) is 4.31 Å². The second kappa shape index (κ2) is 7.82. The molecule has 0 aromatic heterocycles. The lowest BCUT2D eigenvalue weighted by Crippen LogP contribution is -2.40. The summed E-state index contributed by atoms with van der Waals surface area (Å²) in [5.74, 6) is 0.860. The first-order chi connectivity index (χ1) is 13.9. The molecule has 2 heterocycles. The van der Waals surface area contributed by atoms with Crippen LogP contribution < -0.4 is 14.2 Å².